The van der Waals surface area contributed by atoms with Crippen LogP contribution in [0.4, 0.5) is 0 Å². The molecule has 0 aliphatic carbocycles. The maximum Gasteiger partial charge on any atom is 0.346 e. The van der Waals surface area contributed by atoms with Crippen molar-refractivity contribution in [2.75, 3.05) is 0 Å². The van der Waals surface area contributed by atoms with Crippen LogP contribution in [-0.2, 0) is 10.8 Å². The summed E-state index contributed by atoms with van der Waals surface area (Å²) in [6.07, 6.45) is 0. The van der Waals surface area contributed by atoms with E-state index in [0.717, 1.165) is 11.5 Å². The maximum atomic E-state index is 9.66. The molecule has 0 saturated carbocycles. The Balaban J connectivity index is 3.36. The average molecular weight is 209 g/mol. The summed E-state index contributed by atoms with van der Waals surface area (Å²) >= 11 is 0. The molecule has 2 heteroatoms. The van der Waals surface area contributed by atoms with E-state index in [9.17, 15) is 4.79 Å². The minimum absolute atomic E-state index is 0.0846. The van der Waals surface area contributed by atoms with Gasteiger partial charge in [-0.1, -0.05) is 41.5 Å². The summed E-state index contributed by atoms with van der Waals surface area (Å²) in [4.78, 5) is 9.66. The highest BCUT2D eigenvalue weighted by Crippen LogP contribution is 2.26. The van der Waals surface area contributed by atoms with Crippen molar-refractivity contribution in [3.63, 3.8) is 0 Å². The van der Waals surface area contributed by atoms with Crippen LogP contribution in [0.2, 0.25) is 0 Å². The molecule has 1 N–H and O–H groups in total. The Hall–Kier alpha value is -1.05. The first-order chi connectivity index (χ1) is 6.60. The van der Waals surface area contributed by atoms with Crippen molar-refractivity contribution in [2.45, 2.75) is 52.4 Å². The molecular formula is C13H21O2+. The van der Waals surface area contributed by atoms with Crippen LogP contribution in [0.1, 0.15) is 53.1 Å². The van der Waals surface area contributed by atoms with Crippen molar-refractivity contribution in [1.29, 1.82) is 0 Å². The normalized spacial score (nSPS) is 12.9. The van der Waals surface area contributed by atoms with E-state index in [1.165, 1.54) is 0 Å². The van der Waals surface area contributed by atoms with Crippen LogP contribution < -0.4 is 5.43 Å². The van der Waals surface area contributed by atoms with Crippen LogP contribution in [-0.4, -0.2) is 4.79 Å². The van der Waals surface area contributed by atoms with Gasteiger partial charge in [-0.2, -0.15) is 0 Å². The van der Waals surface area contributed by atoms with Gasteiger partial charge in [0.25, 0.3) is 0 Å². The first-order valence-corrected chi connectivity index (χ1v) is 5.29. The fourth-order valence-electron chi connectivity index (χ4n) is 1.23. The van der Waals surface area contributed by atoms with Crippen molar-refractivity contribution in [3.05, 3.63) is 29.1 Å². The van der Waals surface area contributed by atoms with Gasteiger partial charge in [0.05, 0.1) is 12.1 Å². The van der Waals surface area contributed by atoms with Gasteiger partial charge in [-0.3, -0.25) is 4.79 Å². The first-order valence-electron chi connectivity index (χ1n) is 5.29. The number of hydrogen-bond donors (Lipinski definition) is 0. The van der Waals surface area contributed by atoms with Gasteiger partial charge in [-0.15, -0.1) is 0 Å². The summed E-state index contributed by atoms with van der Waals surface area (Å²) in [5.41, 5.74) is 0.105. The summed E-state index contributed by atoms with van der Waals surface area (Å²) < 4.78 is 5.83. The van der Waals surface area contributed by atoms with E-state index in [2.05, 4.69) is 41.5 Å². The molecule has 15 heavy (non-hydrogen) atoms. The van der Waals surface area contributed by atoms with Crippen LogP contribution in [0.3, 0.4) is 0 Å². The summed E-state index contributed by atoms with van der Waals surface area (Å²) in [5, 5.41) is 0. The fourth-order valence-corrected chi connectivity index (χ4v) is 1.23. The predicted molar refractivity (Wildman–Crippen MR) is 61.2 cm³/mol. The highest BCUT2D eigenvalue weighted by Gasteiger charge is 2.24. The second kappa shape index (κ2) is 3.51. The SMILES string of the molecule is CC(C)(C)c1cc(=[OH+])cc(C(C)(C)C)o1. The second-order valence-electron chi connectivity index (χ2n) is 6.04. The van der Waals surface area contributed by atoms with Crippen molar-refractivity contribution < 1.29 is 9.21 Å². The van der Waals surface area contributed by atoms with E-state index in [4.69, 9.17) is 4.42 Å². The van der Waals surface area contributed by atoms with Crippen LogP contribution in [0, 0.1) is 0 Å². The molecule has 84 valence electrons. The molecule has 1 heterocycles. The zero-order valence-electron chi connectivity index (χ0n) is 10.5. The van der Waals surface area contributed by atoms with Crippen LogP contribution in [0.5, 0.6) is 0 Å². The number of rotatable bonds is 0. The lowest BCUT2D eigenvalue weighted by molar-refractivity contribution is 0.323. The van der Waals surface area contributed by atoms with Gasteiger partial charge in [0.1, 0.15) is 11.5 Å². The quantitative estimate of drug-likeness (QED) is 0.605. The summed E-state index contributed by atoms with van der Waals surface area (Å²) in [6.45, 7) is 12.4. The van der Waals surface area contributed by atoms with Crippen molar-refractivity contribution in [3.8, 4) is 0 Å². The van der Waals surface area contributed by atoms with Gasteiger partial charge in [-0.05, 0) is 0 Å². The lowest BCUT2D eigenvalue weighted by atomic mass is 9.90. The van der Waals surface area contributed by atoms with Gasteiger partial charge in [0, 0.05) is 10.8 Å². The van der Waals surface area contributed by atoms with E-state index in [0.29, 0.717) is 0 Å². The summed E-state index contributed by atoms with van der Waals surface area (Å²) in [5.74, 6) is 1.62. The fraction of sp³-hybridized carbons (Fsp3) is 0.615. The molecule has 2 nitrogen and oxygen atoms in total. The molecule has 0 spiro atoms. The monoisotopic (exact) mass is 209 g/mol. The van der Waals surface area contributed by atoms with E-state index < -0.39 is 0 Å². The molecular weight excluding hydrogens is 188 g/mol. The molecule has 0 aliphatic heterocycles. The Labute approximate surface area is 91.3 Å². The molecule has 1 aromatic rings. The van der Waals surface area contributed by atoms with Gasteiger partial charge >= 0.3 is 5.43 Å². The minimum atomic E-state index is -0.0846. The lowest BCUT2D eigenvalue weighted by Gasteiger charge is -2.21. The van der Waals surface area contributed by atoms with Gasteiger partial charge < -0.3 is 4.42 Å². The molecule has 0 aromatic carbocycles. The van der Waals surface area contributed by atoms with Crippen molar-refractivity contribution >= 4 is 0 Å². The largest absolute Gasteiger partial charge is 0.464 e. The molecule has 0 radical (unpaired) electrons. The molecule has 0 saturated heterocycles. The third-order valence-corrected chi connectivity index (χ3v) is 2.26. The van der Waals surface area contributed by atoms with E-state index in [-0.39, 0.29) is 16.3 Å². The highest BCUT2D eigenvalue weighted by atomic mass is 16.3. The van der Waals surface area contributed by atoms with Crippen LogP contribution >= 0.6 is 0 Å². The topological polar surface area (TPSA) is 34.5 Å². The maximum absolute atomic E-state index is 9.66. The minimum Gasteiger partial charge on any atom is -0.464 e. The molecule has 0 fully saturated rings. The lowest BCUT2D eigenvalue weighted by Crippen LogP contribution is -2.20. The van der Waals surface area contributed by atoms with Gasteiger partial charge in [0.15, 0.2) is 0 Å². The zero-order chi connectivity index (χ0) is 11.9. The van der Waals surface area contributed by atoms with E-state index in [1.54, 1.807) is 12.1 Å². The number of hydrogen-bond acceptors (Lipinski definition) is 1. The van der Waals surface area contributed by atoms with Gasteiger partial charge in [-0.25, -0.2) is 0 Å². The molecule has 0 atom stereocenters. The van der Waals surface area contributed by atoms with Gasteiger partial charge in [0.2, 0.25) is 0 Å². The molecule has 1 rings (SSSR count). The summed E-state index contributed by atoms with van der Waals surface area (Å²) in [6, 6.07) is 3.38. The summed E-state index contributed by atoms with van der Waals surface area (Å²) in [7, 11) is 0. The Bertz CT molecular complexity index is 365. The van der Waals surface area contributed by atoms with Crippen molar-refractivity contribution in [2.24, 2.45) is 0 Å². The van der Waals surface area contributed by atoms with Crippen LogP contribution in [0.25, 0.3) is 0 Å². The Morgan fingerprint density at radius 1 is 0.867 bits per heavy atom. The highest BCUT2D eigenvalue weighted by molar-refractivity contribution is 5.15. The molecule has 0 unspecified atom stereocenters. The van der Waals surface area contributed by atoms with Crippen molar-refractivity contribution in [1.82, 2.24) is 0 Å². The Kier molecular flexibility index (Phi) is 2.81. The smallest absolute Gasteiger partial charge is 0.346 e. The molecule has 0 amide bonds. The average Bonchev–Trinajstić information content (AvgIpc) is 1.99. The van der Waals surface area contributed by atoms with E-state index >= 15 is 0 Å². The zero-order valence-corrected chi connectivity index (χ0v) is 10.5. The van der Waals surface area contributed by atoms with E-state index in [1.807, 2.05) is 0 Å². The standard InChI is InChI=1S/C13H20O2/c1-12(2,3)10-7-9(14)8-11(15-10)13(4,5)6/h7-8H,1-6H3/p+1. The second-order valence-corrected chi connectivity index (χ2v) is 6.04. The predicted octanol–water partition coefficient (Wildman–Crippen LogP) is 2.88. The molecule has 0 aliphatic rings. The Morgan fingerprint density at radius 2 is 1.20 bits per heavy atom. The molecule has 1 aromatic heterocycles. The Morgan fingerprint density at radius 3 is 1.47 bits per heavy atom. The molecule has 0 bridgehead atoms. The van der Waals surface area contributed by atoms with Crippen LogP contribution in [0.15, 0.2) is 16.5 Å². The third-order valence-electron chi connectivity index (χ3n) is 2.26. The first kappa shape index (κ1) is 12.0. The third kappa shape index (κ3) is 2.95.